The van der Waals surface area contributed by atoms with Gasteiger partial charge in [0.15, 0.2) is 11.5 Å². The molecule has 0 bridgehead atoms. The average Bonchev–Trinajstić information content (AvgIpc) is 3.38. The summed E-state index contributed by atoms with van der Waals surface area (Å²) in [4.78, 5) is 21.1. The van der Waals surface area contributed by atoms with Crippen LogP contribution in [0.25, 0.3) is 33.3 Å². The molecule has 0 fully saturated rings. The molecule has 0 unspecified atom stereocenters. The van der Waals surface area contributed by atoms with Crippen molar-refractivity contribution in [2.24, 2.45) is 0 Å². The van der Waals surface area contributed by atoms with E-state index in [4.69, 9.17) is 9.40 Å². The van der Waals surface area contributed by atoms with E-state index in [1.807, 2.05) is 66.7 Å². The van der Waals surface area contributed by atoms with E-state index in [-0.39, 0.29) is 5.78 Å². The molecule has 0 amide bonds. The molecular formula is C22H14N2O2. The third-order valence-electron chi connectivity index (χ3n) is 4.56. The van der Waals surface area contributed by atoms with Crippen molar-refractivity contribution in [2.45, 2.75) is 0 Å². The molecule has 1 N–H and O–H groups in total. The lowest BCUT2D eigenvalue weighted by atomic mass is 9.99. The predicted octanol–water partition coefficient (Wildman–Crippen LogP) is 5.21. The quantitative estimate of drug-likeness (QED) is 0.460. The van der Waals surface area contributed by atoms with Crippen LogP contribution in [0.1, 0.15) is 15.9 Å². The van der Waals surface area contributed by atoms with E-state index in [1.165, 1.54) is 0 Å². The summed E-state index contributed by atoms with van der Waals surface area (Å²) in [6.07, 6.45) is 3.39. The fourth-order valence-corrected chi connectivity index (χ4v) is 3.36. The first kappa shape index (κ1) is 14.7. The third kappa shape index (κ3) is 2.16. The first-order chi connectivity index (χ1) is 12.8. The Morgan fingerprint density at radius 1 is 0.923 bits per heavy atom. The Balaban J connectivity index is 1.86. The second kappa shape index (κ2) is 5.70. The number of aromatic amines is 1. The molecule has 5 aromatic rings. The summed E-state index contributed by atoms with van der Waals surface area (Å²) in [5.74, 6) is 0.653. The average molecular weight is 338 g/mol. The van der Waals surface area contributed by atoms with E-state index in [0.29, 0.717) is 22.6 Å². The number of carbonyl (C=O) groups is 1. The molecule has 4 nitrogen and oxygen atoms in total. The number of fused-ring (bicyclic) bond motifs is 3. The second-order valence-electron chi connectivity index (χ2n) is 6.10. The summed E-state index contributed by atoms with van der Waals surface area (Å²) in [5.41, 5.74) is 3.63. The van der Waals surface area contributed by atoms with Crippen molar-refractivity contribution < 1.29 is 9.21 Å². The van der Waals surface area contributed by atoms with Crippen LogP contribution in [0.5, 0.6) is 0 Å². The minimum absolute atomic E-state index is 0.0152. The third-order valence-corrected chi connectivity index (χ3v) is 4.56. The van der Waals surface area contributed by atoms with Gasteiger partial charge in [-0.05, 0) is 18.2 Å². The van der Waals surface area contributed by atoms with Gasteiger partial charge in [-0.3, -0.25) is 4.79 Å². The Hall–Kier alpha value is -3.66. The number of pyridine rings is 1. The molecule has 5 rings (SSSR count). The fraction of sp³-hybridized carbons (Fsp3) is 0. The van der Waals surface area contributed by atoms with E-state index in [2.05, 4.69) is 4.98 Å². The smallest absolute Gasteiger partial charge is 0.195 e. The number of nitrogens with one attached hydrogen (secondary N) is 1. The van der Waals surface area contributed by atoms with Gasteiger partial charge in [0.2, 0.25) is 0 Å². The Bertz CT molecular complexity index is 1240. The molecule has 0 radical (unpaired) electrons. The van der Waals surface area contributed by atoms with Gasteiger partial charge in [-0.2, -0.15) is 0 Å². The summed E-state index contributed by atoms with van der Waals surface area (Å²) in [6, 6.07) is 20.9. The minimum atomic E-state index is -0.0152. The van der Waals surface area contributed by atoms with Gasteiger partial charge < -0.3 is 9.40 Å². The summed E-state index contributed by atoms with van der Waals surface area (Å²) in [6.45, 7) is 0. The first-order valence-corrected chi connectivity index (χ1v) is 8.36. The highest BCUT2D eigenvalue weighted by Crippen LogP contribution is 2.34. The van der Waals surface area contributed by atoms with Crippen LogP contribution in [-0.4, -0.2) is 15.8 Å². The van der Waals surface area contributed by atoms with E-state index in [9.17, 15) is 4.79 Å². The summed E-state index contributed by atoms with van der Waals surface area (Å²) < 4.78 is 5.56. The van der Waals surface area contributed by atoms with Gasteiger partial charge in [0.05, 0.1) is 17.3 Å². The maximum absolute atomic E-state index is 13.1. The summed E-state index contributed by atoms with van der Waals surface area (Å²) in [7, 11) is 0. The van der Waals surface area contributed by atoms with Crippen molar-refractivity contribution in [2.75, 3.05) is 0 Å². The number of carbonyl (C=O) groups excluding carboxylic acids is 1. The summed E-state index contributed by atoms with van der Waals surface area (Å²) >= 11 is 0. The van der Waals surface area contributed by atoms with Crippen molar-refractivity contribution in [1.82, 2.24) is 9.97 Å². The van der Waals surface area contributed by atoms with Gasteiger partial charge in [-0.25, -0.2) is 4.98 Å². The molecule has 26 heavy (non-hydrogen) atoms. The van der Waals surface area contributed by atoms with E-state index < -0.39 is 0 Å². The zero-order valence-electron chi connectivity index (χ0n) is 13.8. The van der Waals surface area contributed by atoms with Gasteiger partial charge in [-0.1, -0.05) is 48.5 Å². The Morgan fingerprint density at radius 3 is 2.54 bits per heavy atom. The van der Waals surface area contributed by atoms with Crippen LogP contribution in [-0.2, 0) is 0 Å². The number of ketones is 1. The lowest BCUT2D eigenvalue weighted by Crippen LogP contribution is -2.00. The molecule has 2 aromatic carbocycles. The number of hydrogen-bond acceptors (Lipinski definition) is 3. The van der Waals surface area contributed by atoms with E-state index in [0.717, 1.165) is 21.8 Å². The lowest BCUT2D eigenvalue weighted by molar-refractivity contribution is 0.104. The second-order valence-corrected chi connectivity index (χ2v) is 6.10. The monoisotopic (exact) mass is 338 g/mol. The SMILES string of the molecule is O=C(c1ccccc1)c1c[nH]c2c(-c3ccco3)nc3ccccc3c12. The normalized spacial score (nSPS) is 11.2. The number of rotatable bonds is 3. The van der Waals surface area contributed by atoms with Gasteiger partial charge in [-0.15, -0.1) is 0 Å². The highest BCUT2D eigenvalue weighted by Gasteiger charge is 2.20. The molecule has 0 atom stereocenters. The molecular weight excluding hydrogens is 324 g/mol. The number of para-hydroxylation sites is 1. The zero-order chi connectivity index (χ0) is 17.5. The van der Waals surface area contributed by atoms with Crippen molar-refractivity contribution in [3.8, 4) is 11.5 Å². The molecule has 0 spiro atoms. The Morgan fingerprint density at radius 2 is 1.73 bits per heavy atom. The number of hydrogen-bond donors (Lipinski definition) is 1. The Kier molecular flexibility index (Phi) is 3.22. The molecule has 0 aliphatic heterocycles. The van der Waals surface area contributed by atoms with Crippen LogP contribution in [0.3, 0.4) is 0 Å². The molecule has 0 aliphatic carbocycles. The number of furan rings is 1. The number of H-pyrrole nitrogens is 1. The van der Waals surface area contributed by atoms with Crippen molar-refractivity contribution in [3.63, 3.8) is 0 Å². The Labute approximate surface area is 149 Å². The topological polar surface area (TPSA) is 58.9 Å². The molecule has 0 saturated heterocycles. The number of benzene rings is 2. The highest BCUT2D eigenvalue weighted by molar-refractivity contribution is 6.23. The zero-order valence-corrected chi connectivity index (χ0v) is 13.8. The molecule has 0 aliphatic rings. The van der Waals surface area contributed by atoms with Crippen LogP contribution in [0.2, 0.25) is 0 Å². The van der Waals surface area contributed by atoms with Crippen LogP contribution >= 0.6 is 0 Å². The maximum atomic E-state index is 13.1. The summed E-state index contributed by atoms with van der Waals surface area (Å²) in [5, 5.41) is 1.81. The minimum Gasteiger partial charge on any atom is -0.463 e. The molecule has 124 valence electrons. The number of aromatic nitrogens is 2. The highest BCUT2D eigenvalue weighted by atomic mass is 16.3. The van der Waals surface area contributed by atoms with Gasteiger partial charge in [0.25, 0.3) is 0 Å². The van der Waals surface area contributed by atoms with Crippen LogP contribution < -0.4 is 0 Å². The molecule has 0 saturated carbocycles. The molecule has 4 heteroatoms. The van der Waals surface area contributed by atoms with Crippen LogP contribution in [0, 0.1) is 0 Å². The van der Waals surface area contributed by atoms with E-state index in [1.54, 1.807) is 12.5 Å². The largest absolute Gasteiger partial charge is 0.463 e. The van der Waals surface area contributed by atoms with Gasteiger partial charge >= 0.3 is 0 Å². The van der Waals surface area contributed by atoms with Gasteiger partial charge in [0, 0.05) is 28.1 Å². The maximum Gasteiger partial charge on any atom is 0.195 e. The first-order valence-electron chi connectivity index (χ1n) is 8.36. The van der Waals surface area contributed by atoms with Gasteiger partial charge in [0.1, 0.15) is 5.69 Å². The van der Waals surface area contributed by atoms with Crippen LogP contribution in [0.15, 0.2) is 83.6 Å². The molecule has 3 heterocycles. The van der Waals surface area contributed by atoms with E-state index >= 15 is 0 Å². The predicted molar refractivity (Wildman–Crippen MR) is 101 cm³/mol. The fourth-order valence-electron chi connectivity index (χ4n) is 3.36. The molecule has 3 aromatic heterocycles. The van der Waals surface area contributed by atoms with Crippen molar-refractivity contribution in [3.05, 3.63) is 90.3 Å². The lowest BCUT2D eigenvalue weighted by Gasteiger charge is -2.06. The van der Waals surface area contributed by atoms with Crippen molar-refractivity contribution >= 4 is 27.6 Å². The number of nitrogens with zero attached hydrogens (tertiary/aromatic N) is 1. The standard InChI is InChI=1S/C22H14N2O2/c25-22(14-7-2-1-3-8-14)16-13-23-21-19(16)15-9-4-5-10-17(15)24-20(21)18-11-6-12-26-18/h1-13,23H. The van der Waals surface area contributed by atoms with Crippen LogP contribution in [0.4, 0.5) is 0 Å². The van der Waals surface area contributed by atoms with Crippen molar-refractivity contribution in [1.29, 1.82) is 0 Å².